The lowest BCUT2D eigenvalue weighted by atomic mass is 10.2. The predicted molar refractivity (Wildman–Crippen MR) is 129 cm³/mol. The smallest absolute Gasteiger partial charge is 0.253 e. The average molecular weight is 533 g/mol. The first-order valence-electron chi connectivity index (χ1n) is 9.19. The van der Waals surface area contributed by atoms with Crippen molar-refractivity contribution < 1.29 is 9.59 Å². The van der Waals surface area contributed by atoms with Gasteiger partial charge in [-0.1, -0.05) is 64.2 Å². The van der Waals surface area contributed by atoms with Gasteiger partial charge in [0.05, 0.1) is 38.1 Å². The molecule has 1 atom stereocenters. The van der Waals surface area contributed by atoms with E-state index in [0.717, 1.165) is 0 Å². The Hall–Kier alpha value is -1.97. The minimum Gasteiger partial charge on any atom is -0.342 e. The number of amides is 2. The number of carbonyl (C=O) groups is 2. The number of anilines is 1. The van der Waals surface area contributed by atoms with Gasteiger partial charge in [0.15, 0.2) is 11.0 Å². The zero-order chi connectivity index (χ0) is 23.4. The average Bonchev–Trinajstić information content (AvgIpc) is 3.10. The van der Waals surface area contributed by atoms with E-state index < -0.39 is 6.04 Å². The molecule has 0 aliphatic carbocycles. The van der Waals surface area contributed by atoms with Crippen molar-refractivity contribution in [2.75, 3.05) is 11.1 Å². The minimum atomic E-state index is -0.458. The fourth-order valence-corrected chi connectivity index (χ4v) is 4.32. The Morgan fingerprint density at radius 1 is 1.09 bits per heavy atom. The van der Waals surface area contributed by atoms with Gasteiger partial charge in [0.1, 0.15) is 0 Å². The normalized spacial score (nSPS) is 11.8. The number of hydrogen-bond donors (Lipinski definition) is 2. The predicted octanol–water partition coefficient (Wildman–Crippen LogP) is 5.65. The zero-order valence-electron chi connectivity index (χ0n) is 16.8. The van der Waals surface area contributed by atoms with Crippen LogP contribution in [0.4, 0.5) is 5.69 Å². The molecule has 2 amide bonds. The van der Waals surface area contributed by atoms with Crippen LogP contribution in [0.2, 0.25) is 20.1 Å². The summed E-state index contributed by atoms with van der Waals surface area (Å²) < 4.78 is 1.71. The second kappa shape index (κ2) is 10.8. The maximum atomic E-state index is 12.5. The molecule has 0 fully saturated rings. The summed E-state index contributed by atoms with van der Waals surface area (Å²) in [4.78, 5) is 24.8. The maximum Gasteiger partial charge on any atom is 0.253 e. The van der Waals surface area contributed by atoms with Crippen molar-refractivity contribution in [3.05, 3.63) is 67.9 Å². The van der Waals surface area contributed by atoms with Gasteiger partial charge in [-0.3, -0.25) is 9.59 Å². The zero-order valence-corrected chi connectivity index (χ0v) is 20.7. The van der Waals surface area contributed by atoms with Gasteiger partial charge in [0.25, 0.3) is 5.91 Å². The molecular weight excluding hydrogens is 516 g/mol. The Morgan fingerprint density at radius 2 is 1.84 bits per heavy atom. The molecule has 0 spiro atoms. The SMILES string of the molecule is C[C@@H](NC(=O)c1ccc(Cl)cc1Cl)c1nnc(SCC(=O)Nc2cccc(Cl)c2Cl)n1C. The summed E-state index contributed by atoms with van der Waals surface area (Å²) in [5, 5.41) is 15.6. The first kappa shape index (κ1) is 24.7. The van der Waals surface area contributed by atoms with E-state index in [2.05, 4.69) is 20.8 Å². The van der Waals surface area contributed by atoms with E-state index in [4.69, 9.17) is 46.4 Å². The molecule has 0 saturated carbocycles. The van der Waals surface area contributed by atoms with Gasteiger partial charge < -0.3 is 15.2 Å². The highest BCUT2D eigenvalue weighted by Crippen LogP contribution is 2.30. The first-order chi connectivity index (χ1) is 15.2. The fourth-order valence-electron chi connectivity index (χ4n) is 2.76. The number of nitrogens with one attached hydrogen (secondary N) is 2. The number of hydrogen-bond acceptors (Lipinski definition) is 5. The molecule has 32 heavy (non-hydrogen) atoms. The highest BCUT2D eigenvalue weighted by molar-refractivity contribution is 7.99. The fraction of sp³-hybridized carbons (Fsp3) is 0.200. The van der Waals surface area contributed by atoms with Crippen LogP contribution in [-0.2, 0) is 11.8 Å². The first-order valence-corrected chi connectivity index (χ1v) is 11.7. The van der Waals surface area contributed by atoms with Crippen LogP contribution < -0.4 is 10.6 Å². The maximum absolute atomic E-state index is 12.5. The van der Waals surface area contributed by atoms with E-state index in [1.165, 1.54) is 17.8 Å². The molecule has 0 radical (unpaired) electrons. The molecule has 3 rings (SSSR count). The number of benzene rings is 2. The number of halogens is 4. The van der Waals surface area contributed by atoms with Crippen molar-refractivity contribution >= 4 is 75.7 Å². The quantitative estimate of drug-likeness (QED) is 0.384. The van der Waals surface area contributed by atoms with Crippen LogP contribution in [0.5, 0.6) is 0 Å². The lowest BCUT2D eigenvalue weighted by molar-refractivity contribution is -0.113. The van der Waals surface area contributed by atoms with Crippen LogP contribution in [0.25, 0.3) is 0 Å². The molecule has 12 heteroatoms. The molecule has 1 aromatic heterocycles. The van der Waals surface area contributed by atoms with Gasteiger partial charge in [-0.25, -0.2) is 0 Å². The Labute approximate surface area is 208 Å². The molecule has 1 heterocycles. The summed E-state index contributed by atoms with van der Waals surface area (Å²) in [5.74, 6) is -0.0449. The van der Waals surface area contributed by atoms with Crippen molar-refractivity contribution in [3.8, 4) is 0 Å². The molecule has 0 saturated heterocycles. The number of nitrogens with zero attached hydrogens (tertiary/aromatic N) is 3. The molecule has 2 N–H and O–H groups in total. The van der Waals surface area contributed by atoms with Crippen LogP contribution >= 0.6 is 58.2 Å². The molecule has 0 aliphatic rings. The molecule has 0 aliphatic heterocycles. The summed E-state index contributed by atoms with van der Waals surface area (Å²) in [6.07, 6.45) is 0. The molecule has 0 bridgehead atoms. The van der Waals surface area contributed by atoms with Gasteiger partial charge in [0, 0.05) is 12.1 Å². The van der Waals surface area contributed by atoms with E-state index in [9.17, 15) is 9.59 Å². The van der Waals surface area contributed by atoms with Crippen LogP contribution in [0.15, 0.2) is 41.6 Å². The Kier molecular flexibility index (Phi) is 8.30. The lowest BCUT2D eigenvalue weighted by Crippen LogP contribution is -2.28. The lowest BCUT2D eigenvalue weighted by Gasteiger charge is -2.14. The largest absolute Gasteiger partial charge is 0.342 e. The van der Waals surface area contributed by atoms with Crippen molar-refractivity contribution in [1.82, 2.24) is 20.1 Å². The molecule has 0 unspecified atom stereocenters. The van der Waals surface area contributed by atoms with Crippen LogP contribution in [0.3, 0.4) is 0 Å². The Balaban J connectivity index is 1.61. The summed E-state index contributed by atoms with van der Waals surface area (Å²) in [6, 6.07) is 9.17. The van der Waals surface area contributed by atoms with Gasteiger partial charge in [-0.15, -0.1) is 10.2 Å². The van der Waals surface area contributed by atoms with E-state index in [-0.39, 0.29) is 27.6 Å². The Bertz CT molecular complexity index is 1170. The second-order valence-electron chi connectivity index (χ2n) is 6.66. The highest BCUT2D eigenvalue weighted by atomic mass is 35.5. The standard InChI is InChI=1S/C20H17Cl4N5O2S/c1-10(25-19(31)12-7-6-11(21)8-14(12)23)18-27-28-20(29(18)2)32-9-16(30)26-15-5-3-4-13(22)17(15)24/h3-8,10H,9H2,1-2H3,(H,25,31)(H,26,30)/t10-/m1/s1. The van der Waals surface area contributed by atoms with Gasteiger partial charge in [-0.2, -0.15) is 0 Å². The monoisotopic (exact) mass is 531 g/mol. The van der Waals surface area contributed by atoms with Crippen LogP contribution in [0.1, 0.15) is 29.1 Å². The summed E-state index contributed by atoms with van der Waals surface area (Å²) in [6.45, 7) is 1.77. The number of aromatic nitrogens is 3. The summed E-state index contributed by atoms with van der Waals surface area (Å²) >= 11 is 25.2. The third-order valence-electron chi connectivity index (χ3n) is 4.34. The summed E-state index contributed by atoms with van der Waals surface area (Å²) in [7, 11) is 1.75. The van der Waals surface area contributed by atoms with Gasteiger partial charge in [0.2, 0.25) is 5.91 Å². The second-order valence-corrected chi connectivity index (χ2v) is 9.23. The Morgan fingerprint density at radius 3 is 2.56 bits per heavy atom. The van der Waals surface area contributed by atoms with Crippen molar-refractivity contribution in [2.45, 2.75) is 18.1 Å². The topological polar surface area (TPSA) is 88.9 Å². The molecule has 7 nitrogen and oxygen atoms in total. The number of rotatable bonds is 7. The molecule has 2 aromatic carbocycles. The summed E-state index contributed by atoms with van der Waals surface area (Å²) in [5.41, 5.74) is 0.733. The minimum absolute atomic E-state index is 0.0793. The van der Waals surface area contributed by atoms with Gasteiger partial charge >= 0.3 is 0 Å². The van der Waals surface area contributed by atoms with Crippen molar-refractivity contribution in [2.24, 2.45) is 7.05 Å². The van der Waals surface area contributed by atoms with Crippen molar-refractivity contribution in [3.63, 3.8) is 0 Å². The third-order valence-corrected chi connectivity index (χ3v) is 6.72. The molecule has 168 valence electrons. The van der Waals surface area contributed by atoms with Gasteiger partial charge in [-0.05, 0) is 37.3 Å². The van der Waals surface area contributed by atoms with E-state index >= 15 is 0 Å². The highest BCUT2D eigenvalue weighted by Gasteiger charge is 2.20. The van der Waals surface area contributed by atoms with Crippen molar-refractivity contribution in [1.29, 1.82) is 0 Å². The third kappa shape index (κ3) is 5.88. The van der Waals surface area contributed by atoms with E-state index in [1.807, 2.05) is 0 Å². The van der Waals surface area contributed by atoms with E-state index in [0.29, 0.717) is 32.3 Å². The number of carbonyl (C=O) groups excluding carboxylic acids is 2. The van der Waals surface area contributed by atoms with E-state index in [1.54, 1.807) is 48.9 Å². The molecule has 3 aromatic rings. The number of thioether (sulfide) groups is 1. The van der Waals surface area contributed by atoms with Crippen LogP contribution in [-0.4, -0.2) is 32.3 Å². The molecular formula is C20H17Cl4N5O2S. The van der Waals surface area contributed by atoms with Crippen LogP contribution in [0, 0.1) is 0 Å².